The second-order valence-corrected chi connectivity index (χ2v) is 10.1. The summed E-state index contributed by atoms with van der Waals surface area (Å²) in [5, 5.41) is 0. The van der Waals surface area contributed by atoms with Crippen LogP contribution in [0.15, 0.2) is 36.4 Å². The lowest BCUT2D eigenvalue weighted by Gasteiger charge is -2.33. The van der Waals surface area contributed by atoms with E-state index in [9.17, 15) is 22.4 Å². The van der Waals surface area contributed by atoms with Gasteiger partial charge in [-0.25, -0.2) is 17.6 Å². The molecule has 0 spiro atoms. The third kappa shape index (κ3) is 4.56. The molecular formula is C22H23FN2O5S. The Hall–Kier alpha value is -2.94. The van der Waals surface area contributed by atoms with Crippen molar-refractivity contribution in [3.05, 3.63) is 58.9 Å². The molecule has 4 rings (SSSR count). The van der Waals surface area contributed by atoms with Crippen LogP contribution in [0.1, 0.15) is 28.4 Å². The van der Waals surface area contributed by atoms with Crippen molar-refractivity contribution in [2.24, 2.45) is 0 Å². The summed E-state index contributed by atoms with van der Waals surface area (Å²) in [6.45, 7) is 2.07. The molecule has 164 valence electrons. The number of halogens is 1. The molecule has 1 saturated heterocycles. The van der Waals surface area contributed by atoms with Gasteiger partial charge in [0.05, 0.1) is 24.7 Å². The van der Waals surface area contributed by atoms with E-state index in [2.05, 4.69) is 0 Å². The molecular weight excluding hydrogens is 423 g/mol. The van der Waals surface area contributed by atoms with Gasteiger partial charge in [0.25, 0.3) is 0 Å². The van der Waals surface area contributed by atoms with Crippen LogP contribution in [-0.2, 0) is 22.8 Å². The van der Waals surface area contributed by atoms with E-state index in [-0.39, 0.29) is 54.1 Å². The second-order valence-electron chi connectivity index (χ2n) is 7.76. The summed E-state index contributed by atoms with van der Waals surface area (Å²) in [4.78, 5) is 27.8. The van der Waals surface area contributed by atoms with Gasteiger partial charge >= 0.3 is 6.03 Å². The highest BCUT2D eigenvalue weighted by molar-refractivity contribution is 7.91. The number of carbonyl (C=O) groups excluding carboxylic acids is 2. The highest BCUT2D eigenvalue weighted by Crippen LogP contribution is 2.31. The number of urea groups is 1. The molecule has 2 aliphatic heterocycles. The molecule has 7 nitrogen and oxygen atoms in total. The lowest BCUT2D eigenvalue weighted by atomic mass is 10.1. The maximum Gasteiger partial charge on any atom is 0.324 e. The van der Waals surface area contributed by atoms with Crippen LogP contribution in [0, 0.1) is 5.82 Å². The van der Waals surface area contributed by atoms with Gasteiger partial charge in [-0.3, -0.25) is 9.69 Å². The maximum atomic E-state index is 14.7. The quantitative estimate of drug-likeness (QED) is 0.675. The average Bonchev–Trinajstić information content (AvgIpc) is 3.20. The van der Waals surface area contributed by atoms with Crippen molar-refractivity contribution < 1.29 is 27.1 Å². The Morgan fingerprint density at radius 1 is 1.13 bits per heavy atom. The number of Topliss-reactive ketones (excluding diaryl/α,β-unsaturated/α-hetero) is 1. The monoisotopic (exact) mass is 446 g/mol. The van der Waals surface area contributed by atoms with E-state index in [1.165, 1.54) is 34.9 Å². The zero-order chi connectivity index (χ0) is 22.2. The van der Waals surface area contributed by atoms with Crippen LogP contribution in [0.4, 0.5) is 14.9 Å². The summed E-state index contributed by atoms with van der Waals surface area (Å²) in [5.41, 5.74) is 2.07. The van der Waals surface area contributed by atoms with Crippen molar-refractivity contribution in [3.63, 3.8) is 0 Å². The number of ether oxygens (including phenoxy) is 1. The zero-order valence-corrected chi connectivity index (χ0v) is 18.0. The number of fused-ring (bicyclic) bond motifs is 1. The molecule has 0 atom stereocenters. The number of hydrogen-bond acceptors (Lipinski definition) is 5. The summed E-state index contributed by atoms with van der Waals surface area (Å²) in [6, 6.07) is 9.20. The largest absolute Gasteiger partial charge is 0.493 e. The molecule has 2 amide bonds. The second kappa shape index (κ2) is 8.30. The first-order valence-electron chi connectivity index (χ1n) is 10.1. The Kier molecular flexibility index (Phi) is 5.70. The molecule has 0 radical (unpaired) electrons. The number of anilines is 1. The Bertz CT molecular complexity index is 1130. The minimum Gasteiger partial charge on any atom is -0.493 e. The summed E-state index contributed by atoms with van der Waals surface area (Å²) < 4.78 is 43.8. The molecule has 2 aromatic carbocycles. The average molecular weight is 447 g/mol. The third-order valence-corrected chi connectivity index (χ3v) is 7.23. The number of nitrogens with zero attached hydrogens (tertiary/aromatic N) is 2. The number of sulfone groups is 1. The Balaban J connectivity index is 1.66. The fraction of sp³-hybridized carbons (Fsp3) is 0.364. The lowest BCUT2D eigenvalue weighted by molar-refractivity contribution is 0.101. The first kappa shape index (κ1) is 21.3. The summed E-state index contributed by atoms with van der Waals surface area (Å²) >= 11 is 0. The topological polar surface area (TPSA) is 84.0 Å². The highest BCUT2D eigenvalue weighted by atomic mass is 32.2. The number of benzene rings is 2. The van der Waals surface area contributed by atoms with Crippen LogP contribution >= 0.6 is 0 Å². The zero-order valence-electron chi connectivity index (χ0n) is 17.1. The number of carbonyl (C=O) groups is 2. The van der Waals surface area contributed by atoms with Crippen LogP contribution in [-0.4, -0.2) is 56.3 Å². The van der Waals surface area contributed by atoms with Gasteiger partial charge in [0.2, 0.25) is 0 Å². The van der Waals surface area contributed by atoms with Crippen molar-refractivity contribution >= 4 is 27.3 Å². The van der Waals surface area contributed by atoms with Crippen LogP contribution in [0.2, 0.25) is 0 Å². The molecule has 9 heteroatoms. The van der Waals surface area contributed by atoms with E-state index >= 15 is 0 Å². The molecule has 2 heterocycles. The normalized spacial score (nSPS) is 17.0. The smallest absolute Gasteiger partial charge is 0.324 e. The number of ketones is 1. The first-order chi connectivity index (χ1) is 14.7. The van der Waals surface area contributed by atoms with Crippen molar-refractivity contribution in [2.45, 2.75) is 19.9 Å². The predicted molar refractivity (Wildman–Crippen MR) is 114 cm³/mol. The molecule has 2 aliphatic rings. The Labute approximate surface area is 180 Å². The van der Waals surface area contributed by atoms with Crippen molar-refractivity contribution in [1.82, 2.24) is 4.90 Å². The maximum absolute atomic E-state index is 14.7. The molecule has 0 saturated carbocycles. The Morgan fingerprint density at radius 2 is 1.87 bits per heavy atom. The van der Waals surface area contributed by atoms with Gasteiger partial charge in [0, 0.05) is 36.3 Å². The number of amides is 2. The highest BCUT2D eigenvalue weighted by Gasteiger charge is 2.30. The van der Waals surface area contributed by atoms with E-state index in [1.54, 1.807) is 12.1 Å². The molecule has 0 bridgehead atoms. The fourth-order valence-electron chi connectivity index (χ4n) is 3.75. The molecule has 1 fully saturated rings. The van der Waals surface area contributed by atoms with E-state index < -0.39 is 15.7 Å². The van der Waals surface area contributed by atoms with E-state index in [0.717, 1.165) is 17.7 Å². The summed E-state index contributed by atoms with van der Waals surface area (Å²) in [7, 11) is -3.15. The van der Waals surface area contributed by atoms with Crippen molar-refractivity contribution in [2.75, 3.05) is 36.1 Å². The van der Waals surface area contributed by atoms with Crippen LogP contribution in [0.5, 0.6) is 5.75 Å². The van der Waals surface area contributed by atoms with E-state index in [0.29, 0.717) is 12.3 Å². The summed E-state index contributed by atoms with van der Waals surface area (Å²) in [6.07, 6.45) is 0.717. The Morgan fingerprint density at radius 3 is 2.55 bits per heavy atom. The van der Waals surface area contributed by atoms with Crippen LogP contribution in [0.3, 0.4) is 0 Å². The minimum atomic E-state index is -3.15. The van der Waals surface area contributed by atoms with Gasteiger partial charge in [-0.05, 0) is 36.8 Å². The minimum absolute atomic E-state index is 0.0499. The van der Waals surface area contributed by atoms with Gasteiger partial charge in [0.15, 0.2) is 15.6 Å². The molecule has 31 heavy (non-hydrogen) atoms. The van der Waals surface area contributed by atoms with Gasteiger partial charge in [-0.2, -0.15) is 0 Å². The number of rotatable bonds is 4. The van der Waals surface area contributed by atoms with Crippen LogP contribution < -0.4 is 9.64 Å². The van der Waals surface area contributed by atoms with Gasteiger partial charge in [-0.1, -0.05) is 12.1 Å². The van der Waals surface area contributed by atoms with Crippen molar-refractivity contribution in [1.29, 1.82) is 0 Å². The summed E-state index contributed by atoms with van der Waals surface area (Å²) in [5.74, 6) is -0.238. The molecule has 0 aromatic heterocycles. The van der Waals surface area contributed by atoms with Gasteiger partial charge in [-0.15, -0.1) is 0 Å². The molecule has 0 unspecified atom stereocenters. The van der Waals surface area contributed by atoms with Crippen molar-refractivity contribution in [3.8, 4) is 5.75 Å². The molecule has 0 N–H and O–H groups in total. The van der Waals surface area contributed by atoms with Gasteiger partial charge in [0.1, 0.15) is 11.6 Å². The first-order valence-corrected chi connectivity index (χ1v) is 11.9. The number of hydrogen-bond donors (Lipinski definition) is 0. The third-order valence-electron chi connectivity index (χ3n) is 5.62. The van der Waals surface area contributed by atoms with E-state index in [1.807, 2.05) is 6.07 Å². The molecule has 2 aromatic rings. The fourth-order valence-corrected chi connectivity index (χ4v) is 4.95. The SMILES string of the molecule is CC(=O)c1ccc(CN(C(=O)N2CCS(=O)(=O)CC2)c2ccc3c(c2)CCO3)c(F)c1. The standard InChI is InChI=1S/C22H23FN2O5S/c1-15(26)16-2-3-18(20(23)13-16)14-25(19-4-5-21-17(12-19)6-9-30-21)22(27)24-7-10-31(28,29)11-8-24/h2-5,12-13H,6-11,14H2,1H3. The van der Waals surface area contributed by atoms with Gasteiger partial charge < -0.3 is 9.64 Å². The lowest BCUT2D eigenvalue weighted by Crippen LogP contribution is -2.49. The molecule has 0 aliphatic carbocycles. The van der Waals surface area contributed by atoms with E-state index in [4.69, 9.17) is 4.74 Å². The predicted octanol–water partition coefficient (Wildman–Crippen LogP) is 2.82. The van der Waals surface area contributed by atoms with Crippen LogP contribution in [0.25, 0.3) is 0 Å².